The summed E-state index contributed by atoms with van der Waals surface area (Å²) in [7, 11) is 0. The Labute approximate surface area is 96.7 Å². The van der Waals surface area contributed by atoms with E-state index in [1.807, 2.05) is 18.3 Å². The topological polar surface area (TPSA) is 39.9 Å². The number of pyridine rings is 1. The van der Waals surface area contributed by atoms with Gasteiger partial charge < -0.3 is 4.90 Å². The van der Waals surface area contributed by atoms with Crippen molar-refractivity contribution in [3.63, 3.8) is 0 Å². The van der Waals surface area contributed by atoms with E-state index in [1.54, 1.807) is 6.07 Å². The number of hydrogen-bond acceptors (Lipinski definition) is 3. The van der Waals surface area contributed by atoms with Crippen LogP contribution in [0.4, 0.5) is 5.69 Å². The van der Waals surface area contributed by atoms with Gasteiger partial charge in [0, 0.05) is 13.1 Å². The first-order valence-electron chi connectivity index (χ1n) is 6.01. The Bertz CT molecular complexity index is 356. The van der Waals surface area contributed by atoms with Crippen LogP contribution in [-0.2, 0) is 0 Å². The fourth-order valence-electron chi connectivity index (χ4n) is 2.14. The minimum Gasteiger partial charge on any atom is -0.370 e. The van der Waals surface area contributed by atoms with E-state index in [2.05, 4.69) is 9.88 Å². The van der Waals surface area contributed by atoms with Crippen molar-refractivity contribution in [3.05, 3.63) is 24.0 Å². The Morgan fingerprint density at radius 2 is 1.75 bits per heavy atom. The summed E-state index contributed by atoms with van der Waals surface area (Å²) in [6, 6.07) is 5.86. The molecule has 0 amide bonds. The molecule has 16 heavy (non-hydrogen) atoms. The fourth-order valence-corrected chi connectivity index (χ4v) is 2.14. The maximum Gasteiger partial charge on any atom is 0.140 e. The summed E-state index contributed by atoms with van der Waals surface area (Å²) in [5.41, 5.74) is 1.65. The average molecular weight is 215 g/mol. The smallest absolute Gasteiger partial charge is 0.140 e. The molecule has 0 bridgehead atoms. The van der Waals surface area contributed by atoms with Crippen LogP contribution >= 0.6 is 0 Å². The van der Waals surface area contributed by atoms with Gasteiger partial charge in [0.1, 0.15) is 11.8 Å². The molecule has 1 aromatic heterocycles. The molecule has 2 heterocycles. The SMILES string of the molecule is N#Cc1ccc(N2CCCCCCC2)cn1. The maximum atomic E-state index is 8.69. The van der Waals surface area contributed by atoms with Crippen molar-refractivity contribution < 1.29 is 0 Å². The summed E-state index contributed by atoms with van der Waals surface area (Å²) in [5.74, 6) is 0. The Morgan fingerprint density at radius 3 is 2.31 bits per heavy atom. The third kappa shape index (κ3) is 2.73. The van der Waals surface area contributed by atoms with Crippen molar-refractivity contribution in [2.24, 2.45) is 0 Å². The first-order chi connectivity index (χ1) is 7.90. The van der Waals surface area contributed by atoms with E-state index < -0.39 is 0 Å². The lowest BCUT2D eigenvalue weighted by molar-refractivity contribution is 0.556. The minimum absolute atomic E-state index is 0.496. The second kappa shape index (κ2) is 5.50. The van der Waals surface area contributed by atoms with Crippen LogP contribution in [0.25, 0.3) is 0 Å². The molecule has 0 saturated carbocycles. The van der Waals surface area contributed by atoms with E-state index in [-0.39, 0.29) is 0 Å². The van der Waals surface area contributed by atoms with E-state index in [0.29, 0.717) is 5.69 Å². The van der Waals surface area contributed by atoms with E-state index in [4.69, 9.17) is 5.26 Å². The highest BCUT2D eigenvalue weighted by molar-refractivity contribution is 5.45. The third-order valence-corrected chi connectivity index (χ3v) is 3.08. The van der Waals surface area contributed by atoms with Gasteiger partial charge in [-0.05, 0) is 25.0 Å². The highest BCUT2D eigenvalue weighted by Crippen LogP contribution is 2.18. The lowest BCUT2D eigenvalue weighted by atomic mass is 10.1. The summed E-state index contributed by atoms with van der Waals surface area (Å²) in [6.07, 6.45) is 8.39. The Kier molecular flexibility index (Phi) is 3.76. The van der Waals surface area contributed by atoms with E-state index >= 15 is 0 Å². The maximum absolute atomic E-state index is 8.69. The zero-order valence-corrected chi connectivity index (χ0v) is 9.52. The Morgan fingerprint density at radius 1 is 1.06 bits per heavy atom. The molecule has 3 nitrogen and oxygen atoms in total. The zero-order valence-electron chi connectivity index (χ0n) is 9.52. The third-order valence-electron chi connectivity index (χ3n) is 3.08. The van der Waals surface area contributed by atoms with Gasteiger partial charge in [0.25, 0.3) is 0 Å². The van der Waals surface area contributed by atoms with Crippen LogP contribution in [0.5, 0.6) is 0 Å². The molecule has 0 unspecified atom stereocenters. The fraction of sp³-hybridized carbons (Fsp3) is 0.538. The van der Waals surface area contributed by atoms with Crippen LogP contribution in [0.2, 0.25) is 0 Å². The number of aromatic nitrogens is 1. The van der Waals surface area contributed by atoms with Gasteiger partial charge in [0.15, 0.2) is 0 Å². The normalized spacial score (nSPS) is 17.3. The Hall–Kier alpha value is -1.56. The average Bonchev–Trinajstić information content (AvgIpc) is 2.29. The second-order valence-corrected chi connectivity index (χ2v) is 4.27. The van der Waals surface area contributed by atoms with Crippen LogP contribution in [0.15, 0.2) is 18.3 Å². The molecule has 0 aliphatic carbocycles. The molecule has 1 aliphatic heterocycles. The van der Waals surface area contributed by atoms with Crippen LogP contribution in [0, 0.1) is 11.3 Å². The first kappa shape index (κ1) is 10.9. The number of nitrogens with zero attached hydrogens (tertiary/aromatic N) is 3. The lowest BCUT2D eigenvalue weighted by Gasteiger charge is -2.26. The van der Waals surface area contributed by atoms with Crippen molar-refractivity contribution in [3.8, 4) is 6.07 Å². The van der Waals surface area contributed by atoms with Crippen molar-refractivity contribution in [2.45, 2.75) is 32.1 Å². The summed E-state index contributed by atoms with van der Waals surface area (Å²) in [5, 5.41) is 8.69. The molecule has 0 spiro atoms. The van der Waals surface area contributed by atoms with Gasteiger partial charge in [0.2, 0.25) is 0 Å². The second-order valence-electron chi connectivity index (χ2n) is 4.27. The summed E-state index contributed by atoms with van der Waals surface area (Å²) >= 11 is 0. The molecule has 2 rings (SSSR count). The van der Waals surface area contributed by atoms with E-state index in [9.17, 15) is 0 Å². The Balaban J connectivity index is 2.06. The van der Waals surface area contributed by atoms with Crippen molar-refractivity contribution in [1.82, 2.24) is 4.98 Å². The summed E-state index contributed by atoms with van der Waals surface area (Å²) < 4.78 is 0. The predicted octanol–water partition coefficient (Wildman–Crippen LogP) is 2.72. The molecular formula is C13H17N3. The van der Waals surface area contributed by atoms with Gasteiger partial charge in [-0.1, -0.05) is 19.3 Å². The highest BCUT2D eigenvalue weighted by atomic mass is 15.1. The highest BCUT2D eigenvalue weighted by Gasteiger charge is 2.09. The van der Waals surface area contributed by atoms with Crippen molar-refractivity contribution in [1.29, 1.82) is 5.26 Å². The van der Waals surface area contributed by atoms with Gasteiger partial charge >= 0.3 is 0 Å². The van der Waals surface area contributed by atoms with Gasteiger partial charge in [0.05, 0.1) is 11.9 Å². The number of hydrogen-bond donors (Lipinski definition) is 0. The largest absolute Gasteiger partial charge is 0.370 e. The molecule has 0 N–H and O–H groups in total. The van der Waals surface area contributed by atoms with Crippen LogP contribution in [-0.4, -0.2) is 18.1 Å². The quantitative estimate of drug-likeness (QED) is 0.723. The van der Waals surface area contributed by atoms with E-state index in [0.717, 1.165) is 18.8 Å². The molecule has 1 aliphatic rings. The molecule has 1 saturated heterocycles. The first-order valence-corrected chi connectivity index (χ1v) is 6.01. The van der Waals surface area contributed by atoms with Crippen LogP contribution in [0.1, 0.15) is 37.8 Å². The van der Waals surface area contributed by atoms with Gasteiger partial charge in [-0.3, -0.25) is 0 Å². The molecule has 1 aromatic rings. The van der Waals surface area contributed by atoms with Crippen molar-refractivity contribution in [2.75, 3.05) is 18.0 Å². The summed E-state index contributed by atoms with van der Waals surface area (Å²) in [4.78, 5) is 6.51. The lowest BCUT2D eigenvalue weighted by Crippen LogP contribution is -2.27. The van der Waals surface area contributed by atoms with Crippen LogP contribution in [0.3, 0.4) is 0 Å². The van der Waals surface area contributed by atoms with E-state index in [1.165, 1.54) is 32.1 Å². The zero-order chi connectivity index (χ0) is 11.2. The number of anilines is 1. The molecule has 1 fully saturated rings. The molecule has 0 atom stereocenters. The summed E-state index contributed by atoms with van der Waals surface area (Å²) in [6.45, 7) is 2.24. The van der Waals surface area contributed by atoms with Crippen LogP contribution < -0.4 is 4.90 Å². The van der Waals surface area contributed by atoms with Gasteiger partial charge in [-0.25, -0.2) is 4.98 Å². The molecule has 3 heteroatoms. The molecule has 0 radical (unpaired) electrons. The minimum atomic E-state index is 0.496. The standard InChI is InChI=1S/C13H17N3/c14-10-12-6-7-13(11-15-12)16-8-4-2-1-3-5-9-16/h6-7,11H,1-5,8-9H2. The van der Waals surface area contributed by atoms with Gasteiger partial charge in [-0.15, -0.1) is 0 Å². The molecular weight excluding hydrogens is 198 g/mol. The molecule has 84 valence electrons. The number of rotatable bonds is 1. The monoisotopic (exact) mass is 215 g/mol. The van der Waals surface area contributed by atoms with Gasteiger partial charge in [-0.2, -0.15) is 5.26 Å². The molecule has 0 aromatic carbocycles. The number of nitriles is 1. The predicted molar refractivity (Wildman–Crippen MR) is 64.3 cm³/mol. The van der Waals surface area contributed by atoms with Crippen molar-refractivity contribution >= 4 is 5.69 Å².